The van der Waals surface area contributed by atoms with E-state index < -0.39 is 0 Å². The van der Waals surface area contributed by atoms with Crippen LogP contribution in [0.1, 0.15) is 56.7 Å². The summed E-state index contributed by atoms with van der Waals surface area (Å²) in [4.78, 5) is 23.3. The molecule has 0 saturated carbocycles. The van der Waals surface area contributed by atoms with Crippen molar-refractivity contribution < 1.29 is 9.53 Å². The Bertz CT molecular complexity index is 1250. The van der Waals surface area contributed by atoms with E-state index in [0.29, 0.717) is 18.1 Å². The summed E-state index contributed by atoms with van der Waals surface area (Å²) in [5.74, 6) is 0.845. The van der Waals surface area contributed by atoms with Gasteiger partial charge in [-0.05, 0) is 70.4 Å². The van der Waals surface area contributed by atoms with Crippen LogP contribution in [-0.2, 0) is 12.0 Å². The van der Waals surface area contributed by atoms with Gasteiger partial charge in [0.1, 0.15) is 6.10 Å². The summed E-state index contributed by atoms with van der Waals surface area (Å²) >= 11 is 0. The van der Waals surface area contributed by atoms with E-state index in [-0.39, 0.29) is 23.6 Å². The molecule has 0 aliphatic carbocycles. The third-order valence-electron chi connectivity index (χ3n) is 7.01. The van der Waals surface area contributed by atoms with Gasteiger partial charge in [-0.2, -0.15) is 5.10 Å². The number of aromatic nitrogens is 4. The fraction of sp³-hybridized carbons (Fsp3) is 0.462. The van der Waals surface area contributed by atoms with E-state index in [1.54, 1.807) is 12.4 Å². The predicted molar refractivity (Wildman–Crippen MR) is 134 cm³/mol. The number of nitrogen functional groups attached to an aromatic ring is 1. The minimum Gasteiger partial charge on any atom is -0.481 e. The second kappa shape index (κ2) is 8.87. The molecule has 3 aromatic heterocycles. The molecule has 184 valence electrons. The lowest BCUT2D eigenvalue weighted by Gasteiger charge is -2.24. The molecule has 2 aliphatic heterocycles. The van der Waals surface area contributed by atoms with Crippen molar-refractivity contribution in [1.82, 2.24) is 30.0 Å². The van der Waals surface area contributed by atoms with Crippen molar-refractivity contribution in [2.24, 2.45) is 0 Å². The molecule has 2 aliphatic rings. The van der Waals surface area contributed by atoms with E-state index in [4.69, 9.17) is 15.6 Å². The van der Waals surface area contributed by atoms with Gasteiger partial charge in [-0.3, -0.25) is 9.67 Å². The van der Waals surface area contributed by atoms with E-state index in [9.17, 15) is 4.79 Å². The third-order valence-corrected chi connectivity index (χ3v) is 7.01. The first-order valence-electron chi connectivity index (χ1n) is 12.2. The zero-order chi connectivity index (χ0) is 24.7. The Morgan fingerprint density at radius 1 is 1.17 bits per heavy atom. The Kier molecular flexibility index (Phi) is 5.86. The van der Waals surface area contributed by atoms with E-state index in [2.05, 4.69) is 26.0 Å². The number of hydrogen-bond donors (Lipinski definition) is 2. The summed E-state index contributed by atoms with van der Waals surface area (Å²) < 4.78 is 8.23. The molecule has 9 nitrogen and oxygen atoms in total. The second-order valence-corrected chi connectivity index (χ2v) is 10.1. The zero-order valence-corrected chi connectivity index (χ0v) is 20.8. The number of nitrogens with zero attached hydrogens (tertiary/aromatic N) is 5. The van der Waals surface area contributed by atoms with Crippen LogP contribution >= 0.6 is 0 Å². The lowest BCUT2D eigenvalue weighted by molar-refractivity contribution is 0.203. The lowest BCUT2D eigenvalue weighted by atomic mass is 9.82. The SMILES string of the molecule is Cc1ccnc(C(C)Oc2cc(-c3cc4n(n3)CC[C@@]43CCN(C(=O)NC(C)C)C3)cnc2N)c1. The smallest absolute Gasteiger partial charge is 0.317 e. The van der Waals surface area contributed by atoms with E-state index >= 15 is 0 Å². The van der Waals surface area contributed by atoms with Crippen LogP contribution in [0.25, 0.3) is 11.3 Å². The van der Waals surface area contributed by atoms with Gasteiger partial charge in [0.25, 0.3) is 0 Å². The standard InChI is InChI=1S/C26H33N7O2/c1-16(2)30-25(34)32-9-6-26(15-32)7-10-33-23(26)13-21(31-33)19-12-22(24(27)29-14-19)35-18(4)20-11-17(3)5-8-28-20/h5,8,11-14,16,18H,6-7,9-10,15H2,1-4H3,(H2,27,29)(H,30,34)/t18?,26-/m1/s1. The maximum atomic E-state index is 12.6. The number of pyridine rings is 2. The predicted octanol–water partition coefficient (Wildman–Crippen LogP) is 3.84. The quantitative estimate of drug-likeness (QED) is 0.580. The van der Waals surface area contributed by atoms with Crippen molar-refractivity contribution in [1.29, 1.82) is 0 Å². The summed E-state index contributed by atoms with van der Waals surface area (Å²) in [7, 11) is 0. The average molecular weight is 476 g/mol. The van der Waals surface area contributed by atoms with Gasteiger partial charge in [0.2, 0.25) is 0 Å². The third kappa shape index (κ3) is 4.42. The number of aryl methyl sites for hydroxylation is 2. The topological polar surface area (TPSA) is 111 Å². The molecule has 5 heterocycles. The molecular weight excluding hydrogens is 442 g/mol. The lowest BCUT2D eigenvalue weighted by Crippen LogP contribution is -2.43. The van der Waals surface area contributed by atoms with Crippen molar-refractivity contribution >= 4 is 11.8 Å². The van der Waals surface area contributed by atoms with Crippen LogP contribution in [0.2, 0.25) is 0 Å². The van der Waals surface area contributed by atoms with Crippen molar-refractivity contribution in [2.75, 3.05) is 18.8 Å². The van der Waals surface area contributed by atoms with Gasteiger partial charge in [-0.15, -0.1) is 0 Å². The highest BCUT2D eigenvalue weighted by Gasteiger charge is 2.47. The Labute approximate surface area is 205 Å². The number of nitrogens with one attached hydrogen (secondary N) is 1. The number of rotatable bonds is 5. The Morgan fingerprint density at radius 2 is 1.97 bits per heavy atom. The number of carbonyl (C=O) groups excluding carboxylic acids is 1. The number of urea groups is 1. The summed E-state index contributed by atoms with van der Waals surface area (Å²) in [5.41, 5.74) is 10.9. The Balaban J connectivity index is 1.37. The summed E-state index contributed by atoms with van der Waals surface area (Å²) in [6.45, 7) is 10.3. The van der Waals surface area contributed by atoms with Crippen LogP contribution in [0.5, 0.6) is 5.75 Å². The molecule has 9 heteroatoms. The molecule has 1 unspecified atom stereocenters. The molecule has 0 bridgehead atoms. The van der Waals surface area contributed by atoms with Gasteiger partial charge >= 0.3 is 6.03 Å². The van der Waals surface area contributed by atoms with Crippen LogP contribution in [0.3, 0.4) is 0 Å². The molecule has 2 amide bonds. The highest BCUT2D eigenvalue weighted by molar-refractivity contribution is 5.75. The minimum atomic E-state index is -0.272. The van der Waals surface area contributed by atoms with E-state index in [1.165, 1.54) is 5.69 Å². The molecular formula is C26H33N7O2. The van der Waals surface area contributed by atoms with Gasteiger partial charge in [0, 0.05) is 54.7 Å². The number of fused-ring (bicyclic) bond motifs is 2. The average Bonchev–Trinajstić information content (AvgIpc) is 3.52. The molecule has 3 N–H and O–H groups in total. The number of amides is 2. The van der Waals surface area contributed by atoms with Gasteiger partial charge in [0.15, 0.2) is 11.6 Å². The first-order chi connectivity index (χ1) is 16.7. The number of hydrogen-bond acceptors (Lipinski definition) is 6. The number of carbonyl (C=O) groups is 1. The molecule has 2 atom stereocenters. The maximum Gasteiger partial charge on any atom is 0.317 e. The molecule has 1 spiro atoms. The molecule has 1 saturated heterocycles. The number of likely N-dealkylation sites (tertiary alicyclic amines) is 1. The first kappa shape index (κ1) is 23.1. The highest BCUT2D eigenvalue weighted by Crippen LogP contribution is 2.44. The van der Waals surface area contributed by atoms with Crippen LogP contribution in [0.15, 0.2) is 36.7 Å². The summed E-state index contributed by atoms with van der Waals surface area (Å²) in [6.07, 6.45) is 5.18. The molecule has 35 heavy (non-hydrogen) atoms. The van der Waals surface area contributed by atoms with Gasteiger partial charge in [-0.25, -0.2) is 9.78 Å². The highest BCUT2D eigenvalue weighted by atomic mass is 16.5. The van der Waals surface area contributed by atoms with Crippen molar-refractivity contribution in [3.8, 4) is 17.0 Å². The largest absolute Gasteiger partial charge is 0.481 e. The van der Waals surface area contributed by atoms with E-state index in [0.717, 1.165) is 48.4 Å². The maximum absolute atomic E-state index is 12.6. The van der Waals surface area contributed by atoms with Gasteiger partial charge < -0.3 is 20.7 Å². The molecule has 0 radical (unpaired) electrons. The van der Waals surface area contributed by atoms with Gasteiger partial charge in [-0.1, -0.05) is 0 Å². The number of nitrogens with two attached hydrogens (primary N) is 1. The number of anilines is 1. The first-order valence-corrected chi connectivity index (χ1v) is 12.2. The van der Waals surface area contributed by atoms with Gasteiger partial charge in [0.05, 0.1) is 11.4 Å². The molecule has 5 rings (SSSR count). The Hall–Kier alpha value is -3.62. The van der Waals surface area contributed by atoms with Crippen molar-refractivity contribution in [3.63, 3.8) is 0 Å². The van der Waals surface area contributed by atoms with E-state index in [1.807, 2.05) is 50.8 Å². The summed E-state index contributed by atoms with van der Waals surface area (Å²) in [6, 6.07) is 8.13. The summed E-state index contributed by atoms with van der Waals surface area (Å²) in [5, 5.41) is 7.88. The van der Waals surface area contributed by atoms with Crippen LogP contribution in [0.4, 0.5) is 10.6 Å². The zero-order valence-electron chi connectivity index (χ0n) is 20.8. The minimum absolute atomic E-state index is 0.0109. The van der Waals surface area contributed by atoms with Crippen LogP contribution < -0.4 is 15.8 Å². The van der Waals surface area contributed by atoms with Crippen molar-refractivity contribution in [3.05, 3.63) is 53.6 Å². The van der Waals surface area contributed by atoms with Crippen LogP contribution in [0, 0.1) is 6.92 Å². The second-order valence-electron chi connectivity index (χ2n) is 10.1. The monoisotopic (exact) mass is 475 g/mol. The molecule has 0 aromatic carbocycles. The fourth-order valence-corrected chi connectivity index (χ4v) is 5.12. The Morgan fingerprint density at radius 3 is 2.74 bits per heavy atom. The normalized spacial score (nSPS) is 19.9. The number of ether oxygens (including phenoxy) is 1. The fourth-order valence-electron chi connectivity index (χ4n) is 5.12. The van der Waals surface area contributed by atoms with Crippen molar-refractivity contribution in [2.45, 2.75) is 64.6 Å². The molecule has 1 fully saturated rings. The van der Waals surface area contributed by atoms with Crippen LogP contribution in [-0.4, -0.2) is 49.8 Å². The molecule has 3 aromatic rings.